The van der Waals surface area contributed by atoms with Crippen LogP contribution in [-0.4, -0.2) is 29.6 Å². The molecule has 0 heterocycles. The molecule has 0 bridgehead atoms. The van der Waals surface area contributed by atoms with Gasteiger partial charge >= 0.3 is 5.97 Å². The van der Waals surface area contributed by atoms with Crippen molar-refractivity contribution < 1.29 is 14.7 Å². The van der Waals surface area contributed by atoms with Gasteiger partial charge in [0.25, 0.3) is 5.91 Å². The second-order valence-corrected chi connectivity index (χ2v) is 7.89. The van der Waals surface area contributed by atoms with Crippen LogP contribution in [0.2, 0.25) is 0 Å². The summed E-state index contributed by atoms with van der Waals surface area (Å²) in [5, 5.41) is 12.0. The van der Waals surface area contributed by atoms with Crippen LogP contribution >= 0.6 is 0 Å². The smallest absolute Gasteiger partial charge is 0.335 e. The van der Waals surface area contributed by atoms with Crippen molar-refractivity contribution in [1.29, 1.82) is 0 Å². The summed E-state index contributed by atoms with van der Waals surface area (Å²) in [6, 6.07) is 6.23. The molecule has 2 atom stereocenters. The van der Waals surface area contributed by atoms with Crippen molar-refractivity contribution >= 4 is 11.9 Å². The Hall–Kier alpha value is -1.88. The zero-order chi connectivity index (χ0) is 17.3. The van der Waals surface area contributed by atoms with Gasteiger partial charge in [0.1, 0.15) is 0 Å². The molecule has 1 aromatic carbocycles. The Morgan fingerprint density at radius 3 is 2.52 bits per heavy atom. The van der Waals surface area contributed by atoms with E-state index in [0.29, 0.717) is 12.1 Å². The van der Waals surface area contributed by atoms with E-state index in [1.165, 1.54) is 12.1 Å². The summed E-state index contributed by atoms with van der Waals surface area (Å²) >= 11 is 0. The standard InChI is InChI=1S/C18H26N2O3/c1-17(2)8-14(19)9-18(3,10-17)11-20-15(21)12-5-4-6-13(7-12)16(22)23/h4-7,14H,8-11,19H2,1-3H3,(H,20,21)(H,22,23). The Kier molecular flexibility index (Phi) is 4.80. The molecule has 0 aromatic heterocycles. The van der Waals surface area contributed by atoms with Crippen LogP contribution in [0.25, 0.3) is 0 Å². The molecule has 23 heavy (non-hydrogen) atoms. The number of rotatable bonds is 4. The third kappa shape index (κ3) is 4.55. The quantitative estimate of drug-likeness (QED) is 0.795. The van der Waals surface area contributed by atoms with E-state index in [4.69, 9.17) is 10.8 Å². The number of carboxylic acids is 1. The summed E-state index contributed by atoms with van der Waals surface area (Å²) in [7, 11) is 0. The molecule has 0 saturated heterocycles. The van der Waals surface area contributed by atoms with Gasteiger partial charge < -0.3 is 16.2 Å². The van der Waals surface area contributed by atoms with Gasteiger partial charge in [-0.15, -0.1) is 0 Å². The molecule has 0 radical (unpaired) electrons. The highest BCUT2D eigenvalue weighted by atomic mass is 16.4. The highest BCUT2D eigenvalue weighted by molar-refractivity contribution is 5.97. The molecule has 2 rings (SSSR count). The summed E-state index contributed by atoms with van der Waals surface area (Å²) in [6.07, 6.45) is 2.88. The van der Waals surface area contributed by atoms with Crippen molar-refractivity contribution in [3.05, 3.63) is 35.4 Å². The molecule has 0 spiro atoms. The number of carbonyl (C=O) groups excluding carboxylic acids is 1. The van der Waals surface area contributed by atoms with Gasteiger partial charge in [0.05, 0.1) is 5.56 Å². The lowest BCUT2D eigenvalue weighted by molar-refractivity contribution is 0.0696. The van der Waals surface area contributed by atoms with Gasteiger partial charge in [0.15, 0.2) is 0 Å². The topological polar surface area (TPSA) is 92.4 Å². The number of benzene rings is 1. The maximum atomic E-state index is 12.3. The van der Waals surface area contributed by atoms with E-state index in [-0.39, 0.29) is 28.3 Å². The number of carboxylic acid groups (broad SMARTS) is 1. The van der Waals surface area contributed by atoms with Gasteiger partial charge in [-0.2, -0.15) is 0 Å². The third-order valence-electron chi connectivity index (χ3n) is 4.52. The molecule has 5 heteroatoms. The lowest BCUT2D eigenvalue weighted by atomic mass is 9.63. The highest BCUT2D eigenvalue weighted by Gasteiger charge is 2.40. The van der Waals surface area contributed by atoms with Gasteiger partial charge in [0.2, 0.25) is 0 Å². The van der Waals surface area contributed by atoms with Gasteiger partial charge in [-0.05, 0) is 48.3 Å². The number of hydrogen-bond donors (Lipinski definition) is 3. The van der Waals surface area contributed by atoms with E-state index in [2.05, 4.69) is 26.1 Å². The predicted molar refractivity (Wildman–Crippen MR) is 89.4 cm³/mol. The molecule has 1 aromatic rings. The van der Waals surface area contributed by atoms with Gasteiger partial charge in [0, 0.05) is 18.2 Å². The molecule has 1 aliphatic carbocycles. The number of amides is 1. The minimum Gasteiger partial charge on any atom is -0.478 e. The molecular weight excluding hydrogens is 292 g/mol. The SMILES string of the molecule is CC1(C)CC(N)CC(C)(CNC(=O)c2cccc(C(=O)O)c2)C1. The molecule has 2 unspecified atom stereocenters. The first kappa shape index (κ1) is 17.5. The van der Waals surface area contributed by atoms with Gasteiger partial charge in [-0.1, -0.05) is 26.8 Å². The summed E-state index contributed by atoms with van der Waals surface area (Å²) in [4.78, 5) is 23.3. The van der Waals surface area contributed by atoms with Crippen molar-refractivity contribution in [2.24, 2.45) is 16.6 Å². The van der Waals surface area contributed by atoms with Crippen LogP contribution in [0.4, 0.5) is 0 Å². The minimum atomic E-state index is -1.04. The fourth-order valence-corrected chi connectivity index (χ4v) is 4.04. The molecule has 1 aliphatic rings. The zero-order valence-electron chi connectivity index (χ0n) is 14.1. The fourth-order valence-electron chi connectivity index (χ4n) is 4.04. The first-order valence-corrected chi connectivity index (χ1v) is 7.97. The Balaban J connectivity index is 2.03. The number of hydrogen-bond acceptors (Lipinski definition) is 3. The predicted octanol–water partition coefficient (Wildman–Crippen LogP) is 2.66. The van der Waals surface area contributed by atoms with E-state index in [1.54, 1.807) is 12.1 Å². The van der Waals surface area contributed by atoms with Crippen LogP contribution in [0.3, 0.4) is 0 Å². The molecule has 126 valence electrons. The zero-order valence-corrected chi connectivity index (χ0v) is 14.1. The maximum Gasteiger partial charge on any atom is 0.335 e. The average Bonchev–Trinajstić information content (AvgIpc) is 2.42. The second-order valence-electron chi connectivity index (χ2n) is 7.89. The van der Waals surface area contributed by atoms with Crippen LogP contribution < -0.4 is 11.1 Å². The van der Waals surface area contributed by atoms with Crippen molar-refractivity contribution in [3.63, 3.8) is 0 Å². The molecule has 0 aliphatic heterocycles. The van der Waals surface area contributed by atoms with Crippen LogP contribution in [-0.2, 0) is 0 Å². The molecule has 5 nitrogen and oxygen atoms in total. The van der Waals surface area contributed by atoms with Crippen LogP contribution in [0, 0.1) is 10.8 Å². The number of nitrogens with one attached hydrogen (secondary N) is 1. The monoisotopic (exact) mass is 318 g/mol. The number of nitrogens with two attached hydrogens (primary N) is 1. The Morgan fingerprint density at radius 1 is 1.26 bits per heavy atom. The fraction of sp³-hybridized carbons (Fsp3) is 0.556. The van der Waals surface area contributed by atoms with Crippen molar-refractivity contribution in [2.75, 3.05) is 6.54 Å². The van der Waals surface area contributed by atoms with Crippen molar-refractivity contribution in [3.8, 4) is 0 Å². The van der Waals surface area contributed by atoms with E-state index in [1.807, 2.05) is 0 Å². The minimum absolute atomic E-state index is 0.0404. The maximum absolute atomic E-state index is 12.3. The first-order chi connectivity index (χ1) is 10.6. The normalized spacial score (nSPS) is 26.5. The largest absolute Gasteiger partial charge is 0.478 e. The highest BCUT2D eigenvalue weighted by Crippen LogP contribution is 2.45. The summed E-state index contributed by atoms with van der Waals surface area (Å²) in [5.41, 5.74) is 6.79. The third-order valence-corrected chi connectivity index (χ3v) is 4.52. The number of carbonyl (C=O) groups is 2. The lowest BCUT2D eigenvalue weighted by Gasteiger charge is -2.45. The molecule has 4 N–H and O–H groups in total. The van der Waals surface area contributed by atoms with Crippen molar-refractivity contribution in [2.45, 2.75) is 46.1 Å². The molecule has 1 amide bonds. The molecule has 1 fully saturated rings. The average molecular weight is 318 g/mol. The van der Waals surface area contributed by atoms with Crippen LogP contribution in [0.1, 0.15) is 60.7 Å². The molecule has 1 saturated carbocycles. The van der Waals surface area contributed by atoms with Crippen LogP contribution in [0.15, 0.2) is 24.3 Å². The Bertz CT molecular complexity index is 612. The summed E-state index contributed by atoms with van der Waals surface area (Å²) in [5.74, 6) is -1.28. The first-order valence-electron chi connectivity index (χ1n) is 7.97. The van der Waals surface area contributed by atoms with E-state index in [9.17, 15) is 9.59 Å². The lowest BCUT2D eigenvalue weighted by Crippen LogP contribution is -2.47. The van der Waals surface area contributed by atoms with E-state index < -0.39 is 5.97 Å². The Morgan fingerprint density at radius 2 is 1.91 bits per heavy atom. The second kappa shape index (κ2) is 6.32. The van der Waals surface area contributed by atoms with Gasteiger partial charge in [-0.25, -0.2) is 4.79 Å². The van der Waals surface area contributed by atoms with Crippen molar-refractivity contribution in [1.82, 2.24) is 5.32 Å². The summed E-state index contributed by atoms with van der Waals surface area (Å²) in [6.45, 7) is 7.12. The molecular formula is C18H26N2O3. The van der Waals surface area contributed by atoms with Gasteiger partial charge in [-0.3, -0.25) is 4.79 Å². The Labute approximate surface area is 137 Å². The number of aromatic carboxylic acids is 1. The van der Waals surface area contributed by atoms with E-state index in [0.717, 1.165) is 19.3 Å². The van der Waals surface area contributed by atoms with E-state index >= 15 is 0 Å². The van der Waals surface area contributed by atoms with Crippen LogP contribution in [0.5, 0.6) is 0 Å². The summed E-state index contributed by atoms with van der Waals surface area (Å²) < 4.78 is 0.